The van der Waals surface area contributed by atoms with Crippen LogP contribution in [0, 0.1) is 0 Å². The van der Waals surface area contributed by atoms with Crippen molar-refractivity contribution in [3.63, 3.8) is 0 Å². The van der Waals surface area contributed by atoms with Crippen LogP contribution in [0.3, 0.4) is 0 Å². The third kappa shape index (κ3) is 2.97. The number of hydrogen-bond acceptors (Lipinski definition) is 3. The molecule has 1 saturated carbocycles. The van der Waals surface area contributed by atoms with Gasteiger partial charge in [0.25, 0.3) is 5.91 Å². The van der Waals surface area contributed by atoms with Gasteiger partial charge in [-0.25, -0.2) is 0 Å². The minimum absolute atomic E-state index is 0.144. The molecule has 4 nitrogen and oxygen atoms in total. The molecule has 0 aliphatic heterocycles. The Kier molecular flexibility index (Phi) is 3.64. The number of amides is 1. The van der Waals surface area contributed by atoms with E-state index in [2.05, 4.69) is 5.32 Å². The van der Waals surface area contributed by atoms with Gasteiger partial charge < -0.3 is 15.8 Å². The standard InChI is InChI=1S/C13H18N2O2/c1-9(17-10-5-4-6-10)13(16)15-12-8-3-2-7-11(12)14/h2-3,7-10H,4-6,14H2,1H3,(H,15,16). The van der Waals surface area contributed by atoms with Gasteiger partial charge in [0.1, 0.15) is 6.10 Å². The smallest absolute Gasteiger partial charge is 0.253 e. The van der Waals surface area contributed by atoms with E-state index in [-0.39, 0.29) is 12.0 Å². The summed E-state index contributed by atoms with van der Waals surface area (Å²) in [7, 11) is 0. The highest BCUT2D eigenvalue weighted by molar-refractivity contribution is 5.96. The first-order valence-electron chi connectivity index (χ1n) is 5.97. The van der Waals surface area contributed by atoms with E-state index in [1.54, 1.807) is 19.1 Å². The van der Waals surface area contributed by atoms with Gasteiger partial charge in [-0.3, -0.25) is 4.79 Å². The first-order valence-corrected chi connectivity index (χ1v) is 5.97. The number of anilines is 2. The van der Waals surface area contributed by atoms with Crippen LogP contribution in [0.1, 0.15) is 26.2 Å². The molecule has 1 fully saturated rings. The van der Waals surface area contributed by atoms with Gasteiger partial charge in [-0.2, -0.15) is 0 Å². The average Bonchev–Trinajstić information content (AvgIpc) is 2.26. The lowest BCUT2D eigenvalue weighted by Crippen LogP contribution is -2.34. The number of para-hydroxylation sites is 2. The van der Waals surface area contributed by atoms with Crippen LogP contribution in [0.15, 0.2) is 24.3 Å². The van der Waals surface area contributed by atoms with Crippen molar-refractivity contribution in [2.75, 3.05) is 11.1 Å². The van der Waals surface area contributed by atoms with Crippen molar-refractivity contribution in [1.29, 1.82) is 0 Å². The van der Waals surface area contributed by atoms with Gasteiger partial charge in [0.2, 0.25) is 0 Å². The van der Waals surface area contributed by atoms with E-state index in [0.29, 0.717) is 11.4 Å². The molecule has 0 saturated heterocycles. The molecule has 17 heavy (non-hydrogen) atoms. The van der Waals surface area contributed by atoms with E-state index in [1.165, 1.54) is 6.42 Å². The van der Waals surface area contributed by atoms with Crippen LogP contribution in [-0.4, -0.2) is 18.1 Å². The van der Waals surface area contributed by atoms with Crippen LogP contribution in [0.25, 0.3) is 0 Å². The maximum absolute atomic E-state index is 11.8. The van der Waals surface area contributed by atoms with Crippen molar-refractivity contribution in [3.8, 4) is 0 Å². The fourth-order valence-corrected chi connectivity index (χ4v) is 1.70. The Morgan fingerprint density at radius 2 is 2.18 bits per heavy atom. The van der Waals surface area contributed by atoms with Crippen molar-refractivity contribution in [1.82, 2.24) is 0 Å². The SMILES string of the molecule is CC(OC1CCC1)C(=O)Nc1ccccc1N. The summed E-state index contributed by atoms with van der Waals surface area (Å²) in [6.45, 7) is 1.77. The zero-order valence-electron chi connectivity index (χ0n) is 9.98. The number of nitrogens with one attached hydrogen (secondary N) is 1. The topological polar surface area (TPSA) is 64.3 Å². The summed E-state index contributed by atoms with van der Waals surface area (Å²) in [5.74, 6) is -0.144. The Labute approximate surface area is 101 Å². The molecule has 1 atom stereocenters. The van der Waals surface area contributed by atoms with E-state index in [4.69, 9.17) is 10.5 Å². The Morgan fingerprint density at radius 3 is 2.76 bits per heavy atom. The summed E-state index contributed by atoms with van der Waals surface area (Å²) in [6.07, 6.45) is 3.14. The van der Waals surface area contributed by atoms with Crippen LogP contribution < -0.4 is 11.1 Å². The summed E-state index contributed by atoms with van der Waals surface area (Å²) >= 11 is 0. The Balaban J connectivity index is 1.89. The highest BCUT2D eigenvalue weighted by Gasteiger charge is 2.24. The molecule has 1 unspecified atom stereocenters. The third-order valence-corrected chi connectivity index (χ3v) is 3.04. The quantitative estimate of drug-likeness (QED) is 0.785. The summed E-state index contributed by atoms with van der Waals surface area (Å²) in [5, 5.41) is 2.77. The minimum atomic E-state index is -0.431. The number of ether oxygens (including phenoxy) is 1. The normalized spacial score (nSPS) is 17.2. The molecular weight excluding hydrogens is 216 g/mol. The molecule has 1 aliphatic carbocycles. The van der Waals surface area contributed by atoms with Gasteiger partial charge >= 0.3 is 0 Å². The van der Waals surface area contributed by atoms with Gasteiger partial charge in [-0.1, -0.05) is 12.1 Å². The Morgan fingerprint density at radius 1 is 1.47 bits per heavy atom. The zero-order chi connectivity index (χ0) is 12.3. The van der Waals surface area contributed by atoms with Gasteiger partial charge in [-0.05, 0) is 38.3 Å². The van der Waals surface area contributed by atoms with Crippen molar-refractivity contribution in [2.45, 2.75) is 38.4 Å². The van der Waals surface area contributed by atoms with Gasteiger partial charge in [0.15, 0.2) is 0 Å². The van der Waals surface area contributed by atoms with Crippen molar-refractivity contribution < 1.29 is 9.53 Å². The number of rotatable bonds is 4. The van der Waals surface area contributed by atoms with E-state index >= 15 is 0 Å². The average molecular weight is 234 g/mol. The van der Waals surface area contributed by atoms with Gasteiger partial charge in [0.05, 0.1) is 17.5 Å². The molecule has 92 valence electrons. The number of carbonyl (C=O) groups excluding carboxylic acids is 1. The highest BCUT2D eigenvalue weighted by atomic mass is 16.5. The molecular formula is C13H18N2O2. The molecule has 1 aliphatic rings. The Hall–Kier alpha value is -1.55. The molecule has 3 N–H and O–H groups in total. The first kappa shape index (κ1) is 11.9. The lowest BCUT2D eigenvalue weighted by Gasteiger charge is -2.28. The predicted molar refractivity (Wildman–Crippen MR) is 67.7 cm³/mol. The van der Waals surface area contributed by atoms with Crippen LogP contribution in [0.2, 0.25) is 0 Å². The van der Waals surface area contributed by atoms with E-state index in [1.807, 2.05) is 12.1 Å². The van der Waals surface area contributed by atoms with Crippen LogP contribution >= 0.6 is 0 Å². The molecule has 4 heteroatoms. The molecule has 0 bridgehead atoms. The molecule has 0 radical (unpaired) electrons. The van der Waals surface area contributed by atoms with Gasteiger partial charge in [-0.15, -0.1) is 0 Å². The summed E-state index contributed by atoms with van der Waals surface area (Å²) in [6, 6.07) is 7.21. The fourth-order valence-electron chi connectivity index (χ4n) is 1.70. The van der Waals surface area contributed by atoms with Crippen molar-refractivity contribution >= 4 is 17.3 Å². The molecule has 1 aromatic rings. The summed E-state index contributed by atoms with van der Waals surface area (Å²) in [4.78, 5) is 11.8. The fraction of sp³-hybridized carbons (Fsp3) is 0.462. The van der Waals surface area contributed by atoms with Crippen molar-refractivity contribution in [3.05, 3.63) is 24.3 Å². The van der Waals surface area contributed by atoms with Crippen LogP contribution in [-0.2, 0) is 9.53 Å². The second kappa shape index (κ2) is 5.19. The maximum atomic E-state index is 11.8. The number of nitrogen functional groups attached to an aromatic ring is 1. The lowest BCUT2D eigenvalue weighted by molar-refractivity contribution is -0.133. The number of hydrogen-bond donors (Lipinski definition) is 2. The van der Waals surface area contributed by atoms with Gasteiger partial charge in [0, 0.05) is 0 Å². The second-order valence-electron chi connectivity index (χ2n) is 4.41. The Bertz CT molecular complexity index is 402. The second-order valence-corrected chi connectivity index (χ2v) is 4.41. The molecule has 2 rings (SSSR count). The first-order chi connectivity index (χ1) is 8.16. The van der Waals surface area contributed by atoms with Crippen LogP contribution in [0.5, 0.6) is 0 Å². The van der Waals surface area contributed by atoms with E-state index < -0.39 is 6.10 Å². The van der Waals surface area contributed by atoms with Crippen LogP contribution in [0.4, 0.5) is 11.4 Å². The molecule has 1 aromatic carbocycles. The zero-order valence-corrected chi connectivity index (χ0v) is 9.98. The predicted octanol–water partition coefficient (Wildman–Crippen LogP) is 2.16. The molecule has 0 spiro atoms. The highest BCUT2D eigenvalue weighted by Crippen LogP contribution is 2.24. The number of carbonyl (C=O) groups is 1. The largest absolute Gasteiger partial charge is 0.397 e. The molecule has 1 amide bonds. The monoisotopic (exact) mass is 234 g/mol. The van der Waals surface area contributed by atoms with E-state index in [0.717, 1.165) is 12.8 Å². The minimum Gasteiger partial charge on any atom is -0.397 e. The summed E-state index contributed by atoms with van der Waals surface area (Å²) in [5.41, 5.74) is 6.96. The molecule has 0 aromatic heterocycles. The maximum Gasteiger partial charge on any atom is 0.253 e. The van der Waals surface area contributed by atoms with E-state index in [9.17, 15) is 4.79 Å². The summed E-state index contributed by atoms with van der Waals surface area (Å²) < 4.78 is 5.61. The third-order valence-electron chi connectivity index (χ3n) is 3.04. The number of nitrogens with two attached hydrogens (primary N) is 1. The van der Waals surface area contributed by atoms with Crippen molar-refractivity contribution in [2.24, 2.45) is 0 Å². The lowest BCUT2D eigenvalue weighted by atomic mass is 9.96. The molecule has 0 heterocycles. The number of benzene rings is 1.